The Kier molecular flexibility index (Phi) is 3.26. The lowest BCUT2D eigenvalue weighted by molar-refractivity contribution is 0.0666. The Morgan fingerprint density at radius 3 is 2.67 bits per heavy atom. The minimum absolute atomic E-state index is 0.0246. The lowest BCUT2D eigenvalue weighted by Gasteiger charge is -2.38. The third-order valence-electron chi connectivity index (χ3n) is 4.52. The van der Waals surface area contributed by atoms with Gasteiger partial charge in [-0.05, 0) is 37.1 Å². The summed E-state index contributed by atoms with van der Waals surface area (Å²) in [6.07, 6.45) is 1.51. The fourth-order valence-electron chi connectivity index (χ4n) is 3.17. The van der Waals surface area contributed by atoms with E-state index in [2.05, 4.69) is 5.32 Å². The second-order valence-corrected chi connectivity index (χ2v) is 6.13. The van der Waals surface area contributed by atoms with Gasteiger partial charge in [-0.2, -0.15) is 0 Å². The molecule has 2 aromatic carbocycles. The van der Waals surface area contributed by atoms with E-state index < -0.39 is 6.17 Å². The van der Waals surface area contributed by atoms with Crippen LogP contribution in [0.5, 0.6) is 17.2 Å². The topological polar surface area (TPSA) is 82.0 Å². The van der Waals surface area contributed by atoms with Gasteiger partial charge in [0, 0.05) is 17.3 Å². The van der Waals surface area contributed by atoms with E-state index in [4.69, 9.17) is 4.74 Å². The molecule has 3 N–H and O–H groups in total. The molecule has 0 saturated heterocycles. The Balaban J connectivity index is 1.82. The van der Waals surface area contributed by atoms with Gasteiger partial charge in [-0.1, -0.05) is 12.1 Å². The van der Waals surface area contributed by atoms with Crippen LogP contribution in [0, 0.1) is 0 Å². The van der Waals surface area contributed by atoms with Crippen LogP contribution < -0.4 is 10.1 Å². The normalized spacial score (nSPS) is 19.6. The van der Waals surface area contributed by atoms with Gasteiger partial charge in [0.25, 0.3) is 5.91 Å². The van der Waals surface area contributed by atoms with Crippen molar-refractivity contribution in [2.75, 3.05) is 12.4 Å². The Bertz CT molecular complexity index is 817. The molecule has 1 aliphatic heterocycles. The van der Waals surface area contributed by atoms with Crippen molar-refractivity contribution in [3.63, 3.8) is 0 Å². The average molecular weight is 326 g/mol. The number of amides is 1. The quantitative estimate of drug-likeness (QED) is 0.756. The monoisotopic (exact) mass is 326 g/mol. The van der Waals surface area contributed by atoms with E-state index in [1.165, 1.54) is 13.2 Å². The molecule has 1 fully saturated rings. The first-order valence-electron chi connectivity index (χ1n) is 7.88. The van der Waals surface area contributed by atoms with Gasteiger partial charge < -0.3 is 25.2 Å². The molecule has 1 atom stereocenters. The van der Waals surface area contributed by atoms with Crippen LogP contribution >= 0.6 is 0 Å². The van der Waals surface area contributed by atoms with Gasteiger partial charge in [0.15, 0.2) is 11.5 Å². The van der Waals surface area contributed by atoms with E-state index in [9.17, 15) is 15.0 Å². The molecule has 1 saturated carbocycles. The summed E-state index contributed by atoms with van der Waals surface area (Å²) in [5.41, 5.74) is 2.07. The highest BCUT2D eigenvalue weighted by Gasteiger charge is 2.42. The molecule has 1 heterocycles. The number of anilines is 1. The van der Waals surface area contributed by atoms with Crippen molar-refractivity contribution in [1.82, 2.24) is 4.90 Å². The number of nitrogens with one attached hydrogen (secondary N) is 1. The molecule has 2 aliphatic rings. The van der Waals surface area contributed by atoms with E-state index >= 15 is 0 Å². The molecule has 0 aromatic heterocycles. The third-order valence-corrected chi connectivity index (χ3v) is 4.52. The van der Waals surface area contributed by atoms with Crippen LogP contribution in [0.4, 0.5) is 5.69 Å². The number of phenolic OH excluding ortho intramolecular Hbond substituents is 2. The highest BCUT2D eigenvalue weighted by atomic mass is 16.5. The maximum absolute atomic E-state index is 12.9. The Labute approximate surface area is 139 Å². The van der Waals surface area contributed by atoms with Gasteiger partial charge in [0.1, 0.15) is 6.17 Å². The van der Waals surface area contributed by atoms with Crippen molar-refractivity contribution in [3.8, 4) is 17.2 Å². The van der Waals surface area contributed by atoms with E-state index in [0.717, 1.165) is 18.5 Å². The number of ether oxygens (including phenoxy) is 1. The number of carbonyl (C=O) groups excluding carboxylic acids is 1. The standard InChI is InChI=1S/C18H18N2O4/c1-24-15-9-10(8-14(21)16(15)22)17-19-13-5-3-2-4-12(13)18(23)20(17)11-6-7-11/h2-5,8-9,11,17,19,21-22H,6-7H2,1H3. The van der Waals surface area contributed by atoms with E-state index in [1.54, 1.807) is 6.07 Å². The molecule has 1 unspecified atom stereocenters. The highest BCUT2D eigenvalue weighted by Crippen LogP contribution is 2.44. The van der Waals surface area contributed by atoms with Crippen molar-refractivity contribution in [1.29, 1.82) is 0 Å². The molecule has 124 valence electrons. The molecule has 0 radical (unpaired) electrons. The first-order chi connectivity index (χ1) is 11.6. The van der Waals surface area contributed by atoms with Crippen molar-refractivity contribution >= 4 is 11.6 Å². The summed E-state index contributed by atoms with van der Waals surface area (Å²) < 4.78 is 5.12. The molecule has 1 aliphatic carbocycles. The minimum Gasteiger partial charge on any atom is -0.504 e. The van der Waals surface area contributed by atoms with Crippen molar-refractivity contribution in [3.05, 3.63) is 47.5 Å². The Morgan fingerprint density at radius 2 is 1.96 bits per heavy atom. The summed E-state index contributed by atoms with van der Waals surface area (Å²) in [7, 11) is 1.42. The first-order valence-corrected chi connectivity index (χ1v) is 7.88. The summed E-state index contributed by atoms with van der Waals surface area (Å²) in [4.78, 5) is 14.7. The van der Waals surface area contributed by atoms with Gasteiger partial charge in [-0.25, -0.2) is 0 Å². The predicted octanol–water partition coefficient (Wildman–Crippen LogP) is 2.84. The minimum atomic E-state index is -0.416. The number of nitrogens with zero attached hydrogens (tertiary/aromatic N) is 1. The predicted molar refractivity (Wildman–Crippen MR) is 88.3 cm³/mol. The summed E-state index contributed by atoms with van der Waals surface area (Å²) in [5, 5.41) is 23.2. The molecule has 1 amide bonds. The van der Waals surface area contributed by atoms with Crippen LogP contribution in [-0.2, 0) is 0 Å². The largest absolute Gasteiger partial charge is 0.504 e. The summed E-state index contributed by atoms with van der Waals surface area (Å²) >= 11 is 0. The average Bonchev–Trinajstić information content (AvgIpc) is 3.42. The molecule has 4 rings (SSSR count). The summed E-state index contributed by atoms with van der Waals surface area (Å²) in [6.45, 7) is 0. The zero-order chi connectivity index (χ0) is 16.8. The van der Waals surface area contributed by atoms with Crippen LogP contribution in [-0.4, -0.2) is 34.2 Å². The molecule has 24 heavy (non-hydrogen) atoms. The molecule has 2 aromatic rings. The molecule has 6 heteroatoms. The second kappa shape index (κ2) is 5.33. The number of methoxy groups -OCH3 is 1. The van der Waals surface area contributed by atoms with Gasteiger partial charge >= 0.3 is 0 Å². The number of fused-ring (bicyclic) bond motifs is 1. The van der Waals surface area contributed by atoms with Gasteiger partial charge in [-0.15, -0.1) is 0 Å². The third kappa shape index (κ3) is 2.22. The number of hydrogen-bond donors (Lipinski definition) is 3. The number of aromatic hydroxyl groups is 2. The van der Waals surface area contributed by atoms with Crippen molar-refractivity contribution < 1.29 is 19.7 Å². The van der Waals surface area contributed by atoms with Crippen LogP contribution in [0.15, 0.2) is 36.4 Å². The Hall–Kier alpha value is -2.89. The van der Waals surface area contributed by atoms with E-state index in [1.807, 2.05) is 29.2 Å². The number of hydrogen-bond acceptors (Lipinski definition) is 5. The van der Waals surface area contributed by atoms with Crippen LogP contribution in [0.25, 0.3) is 0 Å². The fraction of sp³-hybridized carbons (Fsp3) is 0.278. The molecule has 0 bridgehead atoms. The van der Waals surface area contributed by atoms with Crippen LogP contribution in [0.2, 0.25) is 0 Å². The second-order valence-electron chi connectivity index (χ2n) is 6.13. The SMILES string of the molecule is COc1cc(C2Nc3ccccc3C(=O)N2C2CC2)cc(O)c1O. The van der Waals surface area contributed by atoms with E-state index in [0.29, 0.717) is 11.1 Å². The van der Waals surface area contributed by atoms with E-state index in [-0.39, 0.29) is 29.2 Å². The van der Waals surface area contributed by atoms with Crippen molar-refractivity contribution in [2.24, 2.45) is 0 Å². The van der Waals surface area contributed by atoms with Crippen molar-refractivity contribution in [2.45, 2.75) is 25.0 Å². The highest BCUT2D eigenvalue weighted by molar-refractivity contribution is 6.02. The molecule has 6 nitrogen and oxygen atoms in total. The summed E-state index contributed by atoms with van der Waals surface area (Å²) in [5.74, 6) is -0.424. The molecule has 0 spiro atoms. The number of benzene rings is 2. The van der Waals surface area contributed by atoms with Crippen LogP contribution in [0.3, 0.4) is 0 Å². The van der Waals surface area contributed by atoms with Gasteiger partial charge in [0.05, 0.1) is 12.7 Å². The summed E-state index contributed by atoms with van der Waals surface area (Å²) in [6, 6.07) is 10.7. The number of phenols is 2. The lowest BCUT2D eigenvalue weighted by Crippen LogP contribution is -2.44. The zero-order valence-corrected chi connectivity index (χ0v) is 13.2. The number of rotatable bonds is 3. The smallest absolute Gasteiger partial charge is 0.258 e. The Morgan fingerprint density at radius 1 is 1.21 bits per heavy atom. The van der Waals surface area contributed by atoms with Crippen LogP contribution in [0.1, 0.15) is 34.9 Å². The molecular formula is C18H18N2O4. The van der Waals surface area contributed by atoms with Gasteiger partial charge in [-0.3, -0.25) is 4.79 Å². The first kappa shape index (κ1) is 14.7. The van der Waals surface area contributed by atoms with Gasteiger partial charge in [0.2, 0.25) is 5.75 Å². The number of carbonyl (C=O) groups is 1. The number of para-hydroxylation sites is 1. The lowest BCUT2D eigenvalue weighted by atomic mass is 10.0. The fourth-order valence-corrected chi connectivity index (χ4v) is 3.17. The maximum atomic E-state index is 12.9. The maximum Gasteiger partial charge on any atom is 0.258 e. The molecular weight excluding hydrogens is 308 g/mol. The zero-order valence-electron chi connectivity index (χ0n) is 13.2.